The van der Waals surface area contributed by atoms with Crippen molar-refractivity contribution in [2.24, 2.45) is 0 Å². The van der Waals surface area contributed by atoms with Crippen LogP contribution in [0.3, 0.4) is 0 Å². The van der Waals surface area contributed by atoms with E-state index in [1.165, 1.54) is 18.5 Å². The zero-order valence-corrected chi connectivity index (χ0v) is 13.2. The Morgan fingerprint density at radius 2 is 1.83 bits per heavy atom. The van der Waals surface area contributed by atoms with Gasteiger partial charge in [-0.25, -0.2) is 9.97 Å². The number of alkyl halides is 3. The summed E-state index contributed by atoms with van der Waals surface area (Å²) in [7, 11) is 0. The lowest BCUT2D eigenvalue weighted by Gasteiger charge is -2.13. The molecule has 1 N–H and O–H groups in total. The summed E-state index contributed by atoms with van der Waals surface area (Å²) in [5.41, 5.74) is 0.320. The molecule has 0 fully saturated rings. The Bertz CT molecular complexity index is 865. The van der Waals surface area contributed by atoms with Gasteiger partial charge in [-0.1, -0.05) is 29.8 Å². The Labute approximate surface area is 141 Å². The number of hydrogen-bond acceptors (Lipinski definition) is 3. The van der Waals surface area contributed by atoms with Crippen LogP contribution >= 0.6 is 11.6 Å². The van der Waals surface area contributed by atoms with E-state index in [9.17, 15) is 13.2 Å². The highest BCUT2D eigenvalue weighted by Crippen LogP contribution is 2.32. The summed E-state index contributed by atoms with van der Waals surface area (Å²) in [5.74, 6) is 0.571. The van der Waals surface area contributed by atoms with Crippen molar-refractivity contribution in [1.82, 2.24) is 9.97 Å². The summed E-state index contributed by atoms with van der Waals surface area (Å²) in [6.07, 6.45) is -2.73. The molecule has 24 heavy (non-hydrogen) atoms. The molecule has 3 aromatic rings. The summed E-state index contributed by atoms with van der Waals surface area (Å²) >= 11 is 5.93. The molecule has 3 rings (SSSR count). The van der Waals surface area contributed by atoms with Gasteiger partial charge in [0.1, 0.15) is 12.1 Å². The molecule has 0 spiro atoms. The molecular formula is C17H13ClF3N3. The Morgan fingerprint density at radius 1 is 1.04 bits per heavy atom. The molecule has 0 saturated carbocycles. The Kier molecular flexibility index (Phi) is 4.57. The second-order valence-corrected chi connectivity index (χ2v) is 5.65. The second-order valence-electron chi connectivity index (χ2n) is 5.22. The summed E-state index contributed by atoms with van der Waals surface area (Å²) < 4.78 is 39.0. The lowest BCUT2D eigenvalue weighted by atomic mass is 10.0. The van der Waals surface area contributed by atoms with Crippen molar-refractivity contribution in [1.29, 1.82) is 0 Å². The van der Waals surface area contributed by atoms with Gasteiger partial charge in [0.05, 0.1) is 11.1 Å². The summed E-state index contributed by atoms with van der Waals surface area (Å²) in [5, 5.41) is 4.40. The van der Waals surface area contributed by atoms with Crippen molar-refractivity contribution < 1.29 is 13.2 Å². The van der Waals surface area contributed by atoms with Crippen LogP contribution in [0.25, 0.3) is 10.9 Å². The van der Waals surface area contributed by atoms with Gasteiger partial charge in [-0.2, -0.15) is 13.2 Å². The molecular weight excluding hydrogens is 339 g/mol. The third kappa shape index (κ3) is 3.59. The van der Waals surface area contributed by atoms with Crippen LogP contribution in [0.15, 0.2) is 48.8 Å². The molecule has 0 amide bonds. The number of nitrogens with one attached hydrogen (secondary N) is 1. The molecule has 0 aliphatic carbocycles. The number of benzene rings is 2. The average Bonchev–Trinajstić information content (AvgIpc) is 2.54. The Balaban J connectivity index is 1.76. The van der Waals surface area contributed by atoms with Crippen molar-refractivity contribution in [3.05, 3.63) is 64.9 Å². The normalized spacial score (nSPS) is 11.7. The van der Waals surface area contributed by atoms with E-state index in [-0.39, 0.29) is 12.0 Å². The van der Waals surface area contributed by atoms with Gasteiger partial charge in [0.15, 0.2) is 0 Å². The zero-order chi connectivity index (χ0) is 17.2. The molecule has 7 heteroatoms. The van der Waals surface area contributed by atoms with Gasteiger partial charge in [-0.3, -0.25) is 0 Å². The molecule has 1 aromatic heterocycles. The van der Waals surface area contributed by atoms with Gasteiger partial charge in [-0.05, 0) is 36.2 Å². The van der Waals surface area contributed by atoms with E-state index in [4.69, 9.17) is 11.6 Å². The minimum atomic E-state index is -4.35. The highest BCUT2D eigenvalue weighted by atomic mass is 35.5. The van der Waals surface area contributed by atoms with Gasteiger partial charge in [0.25, 0.3) is 0 Å². The van der Waals surface area contributed by atoms with E-state index in [0.717, 1.165) is 11.5 Å². The lowest BCUT2D eigenvalue weighted by Crippen LogP contribution is -2.13. The first kappa shape index (κ1) is 16.5. The van der Waals surface area contributed by atoms with Gasteiger partial charge < -0.3 is 5.32 Å². The summed E-state index contributed by atoms with van der Waals surface area (Å²) in [6.45, 7) is 0.321. The van der Waals surface area contributed by atoms with Gasteiger partial charge >= 0.3 is 6.18 Å². The molecule has 0 aliphatic rings. The van der Waals surface area contributed by atoms with Crippen molar-refractivity contribution in [3.63, 3.8) is 0 Å². The molecule has 0 saturated heterocycles. The first-order chi connectivity index (χ1) is 11.4. The van der Waals surface area contributed by atoms with Crippen LogP contribution in [0.2, 0.25) is 5.02 Å². The molecule has 0 unspecified atom stereocenters. The second kappa shape index (κ2) is 6.65. The first-order valence-corrected chi connectivity index (χ1v) is 7.62. The van der Waals surface area contributed by atoms with Crippen LogP contribution in [0.1, 0.15) is 11.1 Å². The molecule has 124 valence electrons. The lowest BCUT2D eigenvalue weighted by molar-refractivity contribution is -0.138. The number of aromatic nitrogens is 2. The van der Waals surface area contributed by atoms with Crippen molar-refractivity contribution in [2.45, 2.75) is 12.6 Å². The fraction of sp³-hybridized carbons (Fsp3) is 0.176. The number of anilines is 1. The van der Waals surface area contributed by atoms with Crippen molar-refractivity contribution >= 4 is 28.3 Å². The molecule has 1 heterocycles. The first-order valence-electron chi connectivity index (χ1n) is 7.24. The van der Waals surface area contributed by atoms with E-state index < -0.39 is 11.7 Å². The van der Waals surface area contributed by atoms with Crippen LogP contribution in [-0.2, 0) is 12.6 Å². The van der Waals surface area contributed by atoms with Crippen LogP contribution < -0.4 is 5.32 Å². The van der Waals surface area contributed by atoms with Gasteiger partial charge in [-0.15, -0.1) is 0 Å². The predicted molar refractivity (Wildman–Crippen MR) is 88.2 cm³/mol. The molecule has 2 aromatic carbocycles. The number of hydrogen-bond donors (Lipinski definition) is 1. The van der Waals surface area contributed by atoms with Crippen LogP contribution in [0.5, 0.6) is 0 Å². The smallest absolute Gasteiger partial charge is 0.369 e. The average molecular weight is 352 g/mol. The zero-order valence-electron chi connectivity index (χ0n) is 12.4. The van der Waals surface area contributed by atoms with Gasteiger partial charge in [0, 0.05) is 17.0 Å². The standard InChI is InChI=1S/C17H13ClF3N3/c18-12-5-6-13-15(9-12)23-10-24-16(13)22-8-7-11-3-1-2-4-14(11)17(19,20)21/h1-6,9-10H,7-8H2,(H,22,23,24). The third-order valence-corrected chi connectivity index (χ3v) is 3.84. The van der Waals surface area contributed by atoms with E-state index in [0.29, 0.717) is 22.9 Å². The SMILES string of the molecule is FC(F)(F)c1ccccc1CCNc1ncnc2cc(Cl)ccc12. The number of rotatable bonds is 4. The molecule has 0 bridgehead atoms. The highest BCUT2D eigenvalue weighted by molar-refractivity contribution is 6.31. The highest BCUT2D eigenvalue weighted by Gasteiger charge is 2.32. The molecule has 0 aliphatic heterocycles. The molecule has 0 radical (unpaired) electrons. The van der Waals surface area contributed by atoms with Gasteiger partial charge in [0.2, 0.25) is 0 Å². The van der Waals surface area contributed by atoms with E-state index in [2.05, 4.69) is 15.3 Å². The maximum Gasteiger partial charge on any atom is 0.416 e. The molecule has 3 nitrogen and oxygen atoms in total. The summed E-state index contributed by atoms with van der Waals surface area (Å²) in [6, 6.07) is 10.8. The largest absolute Gasteiger partial charge is 0.416 e. The summed E-state index contributed by atoms with van der Waals surface area (Å²) in [4.78, 5) is 8.28. The van der Waals surface area contributed by atoms with Crippen molar-refractivity contribution in [2.75, 3.05) is 11.9 Å². The van der Waals surface area contributed by atoms with E-state index in [1.54, 1.807) is 24.3 Å². The maximum atomic E-state index is 13.0. The number of fused-ring (bicyclic) bond motifs is 1. The van der Waals surface area contributed by atoms with Crippen LogP contribution in [0, 0.1) is 0 Å². The quantitative estimate of drug-likeness (QED) is 0.722. The molecule has 0 atom stereocenters. The predicted octanol–water partition coefficient (Wildman–Crippen LogP) is 4.96. The third-order valence-electron chi connectivity index (χ3n) is 3.61. The maximum absolute atomic E-state index is 13.0. The Hall–Kier alpha value is -2.34. The fourth-order valence-electron chi connectivity index (χ4n) is 2.50. The minimum Gasteiger partial charge on any atom is -0.369 e. The monoisotopic (exact) mass is 351 g/mol. The fourth-order valence-corrected chi connectivity index (χ4v) is 2.67. The van der Waals surface area contributed by atoms with Crippen molar-refractivity contribution in [3.8, 4) is 0 Å². The minimum absolute atomic E-state index is 0.231. The topological polar surface area (TPSA) is 37.8 Å². The van der Waals surface area contributed by atoms with Crippen LogP contribution in [0.4, 0.5) is 19.0 Å². The van der Waals surface area contributed by atoms with E-state index in [1.807, 2.05) is 0 Å². The number of halogens is 4. The van der Waals surface area contributed by atoms with E-state index >= 15 is 0 Å². The number of nitrogens with zero attached hydrogens (tertiary/aromatic N) is 2. The Morgan fingerprint density at radius 3 is 2.62 bits per heavy atom. The van der Waals surface area contributed by atoms with Crippen LogP contribution in [-0.4, -0.2) is 16.5 Å².